The van der Waals surface area contributed by atoms with E-state index in [1.54, 1.807) is 14.2 Å². The fraction of sp³-hybridized carbons (Fsp3) is 0.107. The van der Waals surface area contributed by atoms with Crippen molar-refractivity contribution >= 4 is 29.0 Å². The molecule has 0 aliphatic rings. The molecule has 0 amide bonds. The van der Waals surface area contributed by atoms with Crippen molar-refractivity contribution in [3.63, 3.8) is 0 Å². The molecule has 0 radical (unpaired) electrons. The lowest BCUT2D eigenvalue weighted by Gasteiger charge is -2.28. The fourth-order valence-electron chi connectivity index (χ4n) is 3.61. The van der Waals surface area contributed by atoms with Gasteiger partial charge in [-0.25, -0.2) is 0 Å². The smallest absolute Gasteiger partial charge is 0.142 e. The van der Waals surface area contributed by atoms with Crippen molar-refractivity contribution in [2.24, 2.45) is 5.10 Å². The summed E-state index contributed by atoms with van der Waals surface area (Å²) in [5, 5.41) is 6.42. The third kappa shape index (κ3) is 4.99. The number of methoxy groups -OCH3 is 2. The molecule has 166 valence electrons. The Morgan fingerprint density at radius 1 is 0.606 bits per heavy atom. The summed E-state index contributed by atoms with van der Waals surface area (Å²) in [6, 6.07) is 34.2. The molecule has 4 aromatic carbocycles. The van der Waals surface area contributed by atoms with Gasteiger partial charge in [0.15, 0.2) is 0 Å². The Labute approximate surface area is 195 Å². The monoisotopic (exact) mass is 437 g/mol. The van der Waals surface area contributed by atoms with E-state index in [9.17, 15) is 0 Å². The van der Waals surface area contributed by atoms with E-state index < -0.39 is 0 Å². The van der Waals surface area contributed by atoms with Crippen LogP contribution in [0, 0.1) is 0 Å². The van der Waals surface area contributed by atoms with E-state index in [-0.39, 0.29) is 0 Å². The summed E-state index contributed by atoms with van der Waals surface area (Å²) < 4.78 is 11.3. The normalized spacial score (nSPS) is 10.8. The maximum atomic E-state index is 5.66. The number of para-hydroxylation sites is 5. The van der Waals surface area contributed by atoms with Crippen molar-refractivity contribution in [1.29, 1.82) is 0 Å². The molecule has 33 heavy (non-hydrogen) atoms. The van der Waals surface area contributed by atoms with Gasteiger partial charge < -0.3 is 14.4 Å². The molecular formula is C28H27N3O2. The maximum absolute atomic E-state index is 5.66. The summed E-state index contributed by atoms with van der Waals surface area (Å²) in [6.45, 7) is 0. The molecule has 0 spiro atoms. The average Bonchev–Trinajstić information content (AvgIpc) is 2.89. The summed E-state index contributed by atoms with van der Waals surface area (Å²) >= 11 is 0. The second kappa shape index (κ2) is 10.4. The average molecular weight is 438 g/mol. The van der Waals surface area contributed by atoms with E-state index in [4.69, 9.17) is 9.47 Å². The van der Waals surface area contributed by atoms with Crippen molar-refractivity contribution < 1.29 is 9.47 Å². The van der Waals surface area contributed by atoms with Crippen LogP contribution in [0.4, 0.5) is 22.7 Å². The van der Waals surface area contributed by atoms with Crippen LogP contribution in [0.25, 0.3) is 0 Å². The zero-order chi connectivity index (χ0) is 23.0. The first kappa shape index (κ1) is 22.0. The van der Waals surface area contributed by atoms with Gasteiger partial charge in [0.1, 0.15) is 11.5 Å². The molecule has 0 unspecified atom stereocenters. The lowest BCUT2D eigenvalue weighted by molar-refractivity contribution is 0.412. The molecule has 0 heterocycles. The molecule has 0 bridgehead atoms. The third-order valence-electron chi connectivity index (χ3n) is 5.31. The van der Waals surface area contributed by atoms with Crippen molar-refractivity contribution in [2.45, 2.75) is 0 Å². The van der Waals surface area contributed by atoms with Crippen molar-refractivity contribution in [1.82, 2.24) is 0 Å². The molecule has 0 fully saturated rings. The molecule has 0 saturated carbocycles. The highest BCUT2D eigenvalue weighted by Gasteiger charge is 2.19. The molecule has 5 heteroatoms. The molecule has 0 saturated heterocycles. The zero-order valence-corrected chi connectivity index (χ0v) is 19.1. The van der Waals surface area contributed by atoms with Crippen LogP contribution in [0.1, 0.15) is 5.56 Å². The molecule has 5 nitrogen and oxygen atoms in total. The van der Waals surface area contributed by atoms with Crippen LogP contribution in [0.3, 0.4) is 0 Å². The van der Waals surface area contributed by atoms with Crippen molar-refractivity contribution in [3.05, 3.63) is 109 Å². The molecule has 4 rings (SSSR count). The van der Waals surface area contributed by atoms with Crippen LogP contribution >= 0.6 is 0 Å². The number of rotatable bonds is 8. The van der Waals surface area contributed by atoms with E-state index in [2.05, 4.69) is 34.3 Å². The minimum Gasteiger partial charge on any atom is -0.495 e. The lowest BCUT2D eigenvalue weighted by atomic mass is 10.1. The van der Waals surface area contributed by atoms with Gasteiger partial charge in [0.05, 0.1) is 37.5 Å². The quantitative estimate of drug-likeness (QED) is 0.229. The lowest BCUT2D eigenvalue weighted by Crippen LogP contribution is -2.12. The van der Waals surface area contributed by atoms with Gasteiger partial charge >= 0.3 is 0 Å². The summed E-state index contributed by atoms with van der Waals surface area (Å²) in [5.74, 6) is 1.55. The van der Waals surface area contributed by atoms with Crippen LogP contribution in [0.15, 0.2) is 108 Å². The predicted octanol–water partition coefficient (Wildman–Crippen LogP) is 6.64. The summed E-state index contributed by atoms with van der Waals surface area (Å²) in [7, 11) is 5.30. The first-order valence-corrected chi connectivity index (χ1v) is 10.7. The van der Waals surface area contributed by atoms with Gasteiger partial charge in [-0.2, -0.15) is 5.10 Å². The summed E-state index contributed by atoms with van der Waals surface area (Å²) in [5.41, 5.74) is 4.87. The Kier molecular flexibility index (Phi) is 6.90. The third-order valence-corrected chi connectivity index (χ3v) is 5.31. The number of anilines is 4. The number of hydrogen-bond donors (Lipinski definition) is 0. The van der Waals surface area contributed by atoms with Gasteiger partial charge in [-0.15, -0.1) is 0 Å². The van der Waals surface area contributed by atoms with Crippen LogP contribution in [-0.2, 0) is 0 Å². The minimum atomic E-state index is 0.776. The van der Waals surface area contributed by atoms with Gasteiger partial charge in [-0.3, -0.25) is 5.01 Å². The Balaban J connectivity index is 1.69. The van der Waals surface area contributed by atoms with Crippen LogP contribution in [0.5, 0.6) is 11.5 Å². The molecule has 0 aromatic heterocycles. The molecule has 0 aliphatic heterocycles. The van der Waals surface area contributed by atoms with Crippen LogP contribution < -0.4 is 19.4 Å². The highest BCUT2D eigenvalue weighted by molar-refractivity contribution is 5.85. The van der Waals surface area contributed by atoms with Gasteiger partial charge in [0, 0.05) is 12.7 Å². The largest absolute Gasteiger partial charge is 0.495 e. The predicted molar refractivity (Wildman–Crippen MR) is 137 cm³/mol. The van der Waals surface area contributed by atoms with E-state index >= 15 is 0 Å². The van der Waals surface area contributed by atoms with Gasteiger partial charge in [0.2, 0.25) is 0 Å². The van der Waals surface area contributed by atoms with Gasteiger partial charge in [-0.05, 0) is 54.1 Å². The molecular weight excluding hydrogens is 410 g/mol. The van der Waals surface area contributed by atoms with E-state index in [1.165, 1.54) is 0 Å². The van der Waals surface area contributed by atoms with E-state index in [0.717, 1.165) is 39.8 Å². The molecule has 0 aliphatic carbocycles. The van der Waals surface area contributed by atoms with Gasteiger partial charge in [-0.1, -0.05) is 54.6 Å². The summed E-state index contributed by atoms with van der Waals surface area (Å²) in [6.07, 6.45) is 1.85. The Morgan fingerprint density at radius 3 is 1.67 bits per heavy atom. The standard InChI is InChI=1S/C28H27N3O2/c1-30(23-11-5-4-6-12-23)29-21-22-17-19-24(20-18-22)31(25-13-7-9-15-27(25)32-2)26-14-8-10-16-28(26)33-3/h4-21H,1-3H3/b29-21+. The van der Waals surface area contributed by atoms with Crippen LogP contribution in [-0.4, -0.2) is 27.5 Å². The highest BCUT2D eigenvalue weighted by Crippen LogP contribution is 2.43. The zero-order valence-electron chi connectivity index (χ0n) is 19.1. The van der Waals surface area contributed by atoms with E-state index in [0.29, 0.717) is 0 Å². The topological polar surface area (TPSA) is 37.3 Å². The Bertz CT molecular complexity index is 1160. The SMILES string of the molecule is COc1ccccc1N(c1ccc(/C=N/N(C)c2ccccc2)cc1)c1ccccc1OC. The maximum Gasteiger partial charge on any atom is 0.142 e. The number of benzene rings is 4. The Morgan fingerprint density at radius 2 is 1.12 bits per heavy atom. The van der Waals surface area contributed by atoms with Crippen LogP contribution in [0.2, 0.25) is 0 Å². The second-order valence-electron chi connectivity index (χ2n) is 7.37. The Hall–Kier alpha value is -4.25. The molecule has 0 atom stereocenters. The number of nitrogens with zero attached hydrogens (tertiary/aromatic N) is 3. The van der Waals surface area contributed by atoms with Crippen molar-refractivity contribution in [2.75, 3.05) is 31.2 Å². The van der Waals surface area contributed by atoms with Crippen molar-refractivity contribution in [3.8, 4) is 11.5 Å². The number of hydrazone groups is 1. The second-order valence-corrected chi connectivity index (χ2v) is 7.37. The first-order valence-electron chi connectivity index (χ1n) is 10.7. The molecule has 0 N–H and O–H groups in total. The fourth-order valence-corrected chi connectivity index (χ4v) is 3.61. The number of hydrogen-bond acceptors (Lipinski definition) is 5. The highest BCUT2D eigenvalue weighted by atomic mass is 16.5. The minimum absolute atomic E-state index is 0.776. The first-order chi connectivity index (χ1) is 16.2. The number of ether oxygens (including phenoxy) is 2. The molecule has 4 aromatic rings. The van der Waals surface area contributed by atoms with Gasteiger partial charge in [0.25, 0.3) is 0 Å². The summed E-state index contributed by atoms with van der Waals surface area (Å²) in [4.78, 5) is 2.13. The van der Waals surface area contributed by atoms with E-state index in [1.807, 2.05) is 97.1 Å².